The molecular formula is C22H31N3O2. The SMILES string of the molecule is Cc1ccc(=O)n(-c2ccc(OCCCCCN3CCN(C)CC3)cc2)c1. The van der Waals surface area contributed by atoms with Crippen molar-refractivity contribution in [3.05, 3.63) is 58.5 Å². The van der Waals surface area contributed by atoms with Crippen LogP contribution in [0.25, 0.3) is 5.69 Å². The lowest BCUT2D eigenvalue weighted by Gasteiger charge is -2.32. The minimum absolute atomic E-state index is 0.0189. The van der Waals surface area contributed by atoms with Crippen LogP contribution < -0.4 is 10.3 Å². The number of nitrogens with zero attached hydrogens (tertiary/aromatic N) is 3. The molecule has 0 saturated carbocycles. The Hall–Kier alpha value is -2.11. The number of hydrogen-bond acceptors (Lipinski definition) is 4. The molecule has 27 heavy (non-hydrogen) atoms. The Kier molecular flexibility index (Phi) is 7.07. The first kappa shape index (κ1) is 19.6. The molecule has 1 fully saturated rings. The van der Waals surface area contributed by atoms with Crippen LogP contribution in [-0.2, 0) is 0 Å². The van der Waals surface area contributed by atoms with Gasteiger partial charge in [0.05, 0.1) is 6.61 Å². The Morgan fingerprint density at radius 3 is 2.41 bits per heavy atom. The first-order chi connectivity index (χ1) is 13.1. The van der Waals surface area contributed by atoms with Crippen molar-refractivity contribution in [1.82, 2.24) is 14.4 Å². The van der Waals surface area contributed by atoms with Gasteiger partial charge in [0.15, 0.2) is 0 Å². The Balaban J connectivity index is 1.37. The zero-order valence-corrected chi connectivity index (χ0v) is 16.6. The molecule has 2 heterocycles. The molecule has 1 aromatic carbocycles. The predicted octanol–water partition coefficient (Wildman–Crippen LogP) is 2.94. The molecular weight excluding hydrogens is 338 g/mol. The second kappa shape index (κ2) is 9.72. The second-order valence-electron chi connectivity index (χ2n) is 7.46. The summed E-state index contributed by atoms with van der Waals surface area (Å²) in [6, 6.07) is 11.2. The third kappa shape index (κ3) is 5.94. The highest BCUT2D eigenvalue weighted by Crippen LogP contribution is 2.15. The van der Waals surface area contributed by atoms with Gasteiger partial charge in [0.25, 0.3) is 5.56 Å². The van der Waals surface area contributed by atoms with Gasteiger partial charge in [0.2, 0.25) is 0 Å². The first-order valence-electron chi connectivity index (χ1n) is 9.95. The molecule has 0 N–H and O–H groups in total. The van der Waals surface area contributed by atoms with Crippen LogP contribution in [-0.4, -0.2) is 60.7 Å². The Morgan fingerprint density at radius 2 is 1.67 bits per heavy atom. The molecule has 0 spiro atoms. The number of benzene rings is 1. The molecule has 146 valence electrons. The molecule has 0 unspecified atom stereocenters. The van der Waals surface area contributed by atoms with Gasteiger partial charge in [0.1, 0.15) is 5.75 Å². The van der Waals surface area contributed by atoms with Crippen LogP contribution in [0, 0.1) is 6.92 Å². The van der Waals surface area contributed by atoms with Gasteiger partial charge >= 0.3 is 0 Å². The summed E-state index contributed by atoms with van der Waals surface area (Å²) in [5.41, 5.74) is 1.91. The minimum atomic E-state index is -0.0189. The van der Waals surface area contributed by atoms with Crippen LogP contribution in [0.3, 0.4) is 0 Å². The fourth-order valence-corrected chi connectivity index (χ4v) is 3.37. The number of piperazine rings is 1. The van der Waals surface area contributed by atoms with Gasteiger partial charge in [-0.05, 0) is 69.6 Å². The topological polar surface area (TPSA) is 37.7 Å². The maximum atomic E-state index is 12.0. The Bertz CT molecular complexity index is 762. The number of rotatable bonds is 8. The second-order valence-corrected chi connectivity index (χ2v) is 7.46. The summed E-state index contributed by atoms with van der Waals surface area (Å²) in [4.78, 5) is 16.9. The summed E-state index contributed by atoms with van der Waals surface area (Å²) in [5, 5.41) is 0. The van der Waals surface area contributed by atoms with E-state index in [0.29, 0.717) is 0 Å². The molecule has 5 nitrogen and oxygen atoms in total. The maximum absolute atomic E-state index is 12.0. The number of aryl methyl sites for hydroxylation is 1. The summed E-state index contributed by atoms with van der Waals surface area (Å²) in [5.74, 6) is 0.860. The molecule has 0 aliphatic carbocycles. The molecule has 0 amide bonds. The summed E-state index contributed by atoms with van der Waals surface area (Å²) < 4.78 is 7.51. The van der Waals surface area contributed by atoms with Crippen LogP contribution >= 0.6 is 0 Å². The largest absolute Gasteiger partial charge is 0.494 e. The number of hydrogen-bond donors (Lipinski definition) is 0. The van der Waals surface area contributed by atoms with Crippen LogP contribution in [0.1, 0.15) is 24.8 Å². The van der Waals surface area contributed by atoms with Crippen molar-refractivity contribution in [1.29, 1.82) is 0 Å². The Labute approximate surface area is 162 Å². The molecule has 0 radical (unpaired) electrons. The molecule has 1 aliphatic heterocycles. The van der Waals surface area contributed by atoms with E-state index in [9.17, 15) is 4.79 Å². The van der Waals surface area contributed by atoms with Crippen molar-refractivity contribution in [3.8, 4) is 11.4 Å². The zero-order chi connectivity index (χ0) is 19.1. The maximum Gasteiger partial charge on any atom is 0.255 e. The van der Waals surface area contributed by atoms with E-state index >= 15 is 0 Å². The first-order valence-corrected chi connectivity index (χ1v) is 9.95. The Morgan fingerprint density at radius 1 is 0.926 bits per heavy atom. The lowest BCUT2D eigenvalue weighted by Crippen LogP contribution is -2.44. The highest BCUT2D eigenvalue weighted by molar-refractivity contribution is 5.38. The summed E-state index contributed by atoms with van der Waals surface area (Å²) in [6.07, 6.45) is 5.37. The number of unbranched alkanes of at least 4 members (excludes halogenated alkanes) is 2. The van der Waals surface area contributed by atoms with Crippen molar-refractivity contribution >= 4 is 0 Å². The van der Waals surface area contributed by atoms with E-state index in [4.69, 9.17) is 4.74 Å². The van der Waals surface area contributed by atoms with E-state index in [2.05, 4.69) is 16.8 Å². The van der Waals surface area contributed by atoms with Crippen LogP contribution in [0.15, 0.2) is 47.4 Å². The minimum Gasteiger partial charge on any atom is -0.494 e. The molecule has 5 heteroatoms. The molecule has 0 bridgehead atoms. The number of pyridine rings is 1. The fourth-order valence-electron chi connectivity index (χ4n) is 3.37. The van der Waals surface area contributed by atoms with Crippen LogP contribution in [0.4, 0.5) is 0 Å². The van der Waals surface area contributed by atoms with Gasteiger partial charge < -0.3 is 14.5 Å². The van der Waals surface area contributed by atoms with Gasteiger partial charge in [-0.25, -0.2) is 0 Å². The third-order valence-electron chi connectivity index (χ3n) is 5.16. The van der Waals surface area contributed by atoms with E-state index < -0.39 is 0 Å². The highest BCUT2D eigenvalue weighted by Gasteiger charge is 2.12. The van der Waals surface area contributed by atoms with Crippen molar-refractivity contribution in [2.24, 2.45) is 0 Å². The van der Waals surface area contributed by atoms with Gasteiger partial charge in [-0.3, -0.25) is 9.36 Å². The lowest BCUT2D eigenvalue weighted by molar-refractivity contribution is 0.151. The average molecular weight is 370 g/mol. The molecule has 2 aromatic rings. The third-order valence-corrected chi connectivity index (χ3v) is 5.16. The number of likely N-dealkylation sites (N-methyl/N-ethyl adjacent to an activating group) is 1. The van der Waals surface area contributed by atoms with Gasteiger partial charge in [-0.15, -0.1) is 0 Å². The van der Waals surface area contributed by atoms with Crippen LogP contribution in [0.5, 0.6) is 5.75 Å². The lowest BCUT2D eigenvalue weighted by atomic mass is 10.2. The number of ether oxygens (including phenoxy) is 1. The van der Waals surface area contributed by atoms with E-state index in [1.807, 2.05) is 43.5 Å². The molecule has 3 rings (SSSR count). The van der Waals surface area contributed by atoms with E-state index in [0.717, 1.165) is 30.0 Å². The fraction of sp³-hybridized carbons (Fsp3) is 0.500. The van der Waals surface area contributed by atoms with E-state index in [1.165, 1.54) is 45.6 Å². The van der Waals surface area contributed by atoms with Crippen molar-refractivity contribution in [2.75, 3.05) is 46.4 Å². The normalized spacial score (nSPS) is 15.8. The highest BCUT2D eigenvalue weighted by atomic mass is 16.5. The van der Waals surface area contributed by atoms with Crippen molar-refractivity contribution in [3.63, 3.8) is 0 Å². The van der Waals surface area contributed by atoms with E-state index in [1.54, 1.807) is 10.6 Å². The predicted molar refractivity (Wildman–Crippen MR) is 110 cm³/mol. The molecule has 0 atom stereocenters. The van der Waals surface area contributed by atoms with E-state index in [-0.39, 0.29) is 5.56 Å². The molecule has 1 aliphatic rings. The standard InChI is InChI=1S/C22H31N3O2/c1-19-6-11-22(26)25(18-19)20-7-9-21(10-8-20)27-17-5-3-4-12-24-15-13-23(2)14-16-24/h6-11,18H,3-5,12-17H2,1-2H3. The summed E-state index contributed by atoms with van der Waals surface area (Å²) in [6.45, 7) is 8.70. The van der Waals surface area contributed by atoms with Gasteiger partial charge in [0, 0.05) is 44.1 Å². The molecule has 1 saturated heterocycles. The van der Waals surface area contributed by atoms with Gasteiger partial charge in [-0.1, -0.05) is 6.07 Å². The quantitative estimate of drug-likeness (QED) is 0.671. The van der Waals surface area contributed by atoms with Crippen LogP contribution in [0.2, 0.25) is 0 Å². The summed E-state index contributed by atoms with van der Waals surface area (Å²) >= 11 is 0. The zero-order valence-electron chi connectivity index (χ0n) is 16.6. The molecule has 1 aromatic heterocycles. The monoisotopic (exact) mass is 369 g/mol. The average Bonchev–Trinajstić information content (AvgIpc) is 2.68. The van der Waals surface area contributed by atoms with Gasteiger partial charge in [-0.2, -0.15) is 0 Å². The van der Waals surface area contributed by atoms with Crippen molar-refractivity contribution in [2.45, 2.75) is 26.2 Å². The van der Waals surface area contributed by atoms with Crippen molar-refractivity contribution < 1.29 is 4.74 Å². The summed E-state index contributed by atoms with van der Waals surface area (Å²) in [7, 11) is 2.19. The smallest absolute Gasteiger partial charge is 0.255 e. The number of aromatic nitrogens is 1.